The van der Waals surface area contributed by atoms with Crippen LogP contribution >= 0.6 is 0 Å². The molecule has 2 aromatic rings. The number of fused-ring (bicyclic) bond motifs is 1. The van der Waals surface area contributed by atoms with Crippen molar-refractivity contribution >= 4 is 22.6 Å². The van der Waals surface area contributed by atoms with E-state index in [0.29, 0.717) is 25.1 Å². The second-order valence-corrected chi connectivity index (χ2v) is 5.45. The third-order valence-electron chi connectivity index (χ3n) is 4.18. The average molecular weight is 282 g/mol. The van der Waals surface area contributed by atoms with Crippen molar-refractivity contribution in [1.82, 2.24) is 9.88 Å². The Morgan fingerprint density at radius 2 is 2.14 bits per heavy atom. The van der Waals surface area contributed by atoms with Crippen LogP contribution in [0.3, 0.4) is 0 Å². The lowest BCUT2D eigenvalue weighted by Crippen LogP contribution is -2.44. The molecule has 3 rings (SSSR count). The zero-order chi connectivity index (χ0) is 14.8. The first-order valence-corrected chi connectivity index (χ1v) is 7.36. The van der Waals surface area contributed by atoms with Gasteiger partial charge in [0.25, 0.3) is 5.91 Å². The van der Waals surface area contributed by atoms with Crippen molar-refractivity contribution in [2.75, 3.05) is 13.1 Å². The van der Waals surface area contributed by atoms with Crippen molar-refractivity contribution < 1.29 is 9.59 Å². The number of pyridine rings is 1. The third-order valence-corrected chi connectivity index (χ3v) is 4.18. The maximum Gasteiger partial charge on any atom is 0.254 e. The molecule has 0 spiro atoms. The molecule has 4 nitrogen and oxygen atoms in total. The molecule has 0 radical (unpaired) electrons. The van der Waals surface area contributed by atoms with Gasteiger partial charge >= 0.3 is 0 Å². The van der Waals surface area contributed by atoms with Crippen molar-refractivity contribution in [1.29, 1.82) is 0 Å². The zero-order valence-electron chi connectivity index (χ0n) is 12.1. The Morgan fingerprint density at radius 3 is 2.95 bits per heavy atom. The van der Waals surface area contributed by atoms with Crippen molar-refractivity contribution in [2.45, 2.75) is 19.8 Å². The van der Waals surface area contributed by atoms with E-state index in [9.17, 15) is 9.59 Å². The number of Topliss-reactive ketones (excluding diaryl/α,β-unsaturated/α-hetero) is 1. The Bertz CT molecular complexity index is 691. The van der Waals surface area contributed by atoms with Gasteiger partial charge in [-0.15, -0.1) is 0 Å². The predicted octanol–water partition coefficient (Wildman–Crippen LogP) is 2.68. The van der Waals surface area contributed by atoms with Crippen molar-refractivity contribution in [2.24, 2.45) is 5.92 Å². The molecule has 1 aliphatic rings. The Hall–Kier alpha value is -2.23. The molecule has 1 amide bonds. The Balaban J connectivity index is 1.92. The number of carbonyl (C=O) groups is 2. The van der Waals surface area contributed by atoms with E-state index in [-0.39, 0.29) is 17.6 Å². The summed E-state index contributed by atoms with van der Waals surface area (Å²) in [5.74, 6) is 0.261. The highest BCUT2D eigenvalue weighted by atomic mass is 16.2. The largest absolute Gasteiger partial charge is 0.337 e. The molecule has 1 aromatic heterocycles. The van der Waals surface area contributed by atoms with Gasteiger partial charge in [-0.1, -0.05) is 25.1 Å². The van der Waals surface area contributed by atoms with Gasteiger partial charge in [0.1, 0.15) is 5.78 Å². The molecule has 108 valence electrons. The number of benzene rings is 1. The topological polar surface area (TPSA) is 50.3 Å². The van der Waals surface area contributed by atoms with Gasteiger partial charge < -0.3 is 4.90 Å². The fourth-order valence-electron chi connectivity index (χ4n) is 2.90. The second kappa shape index (κ2) is 5.64. The van der Waals surface area contributed by atoms with Crippen LogP contribution in [-0.4, -0.2) is 34.7 Å². The molecule has 2 heterocycles. The maximum atomic E-state index is 12.8. The van der Waals surface area contributed by atoms with Gasteiger partial charge in [-0.25, -0.2) is 0 Å². The van der Waals surface area contributed by atoms with E-state index in [2.05, 4.69) is 4.98 Å². The van der Waals surface area contributed by atoms with Crippen molar-refractivity contribution in [3.8, 4) is 0 Å². The van der Waals surface area contributed by atoms with Gasteiger partial charge in [0, 0.05) is 37.0 Å². The lowest BCUT2D eigenvalue weighted by atomic mass is 9.93. The maximum absolute atomic E-state index is 12.8. The summed E-state index contributed by atoms with van der Waals surface area (Å²) < 4.78 is 0. The SMILES string of the molecule is CCC1CN(C(=O)c2ccnc3ccccc23)CCC1=O. The summed E-state index contributed by atoms with van der Waals surface area (Å²) in [6.45, 7) is 3.05. The highest BCUT2D eigenvalue weighted by molar-refractivity contribution is 6.06. The fourth-order valence-corrected chi connectivity index (χ4v) is 2.90. The van der Waals surface area contributed by atoms with Gasteiger partial charge in [-0.3, -0.25) is 14.6 Å². The number of carbonyl (C=O) groups excluding carboxylic acids is 2. The number of hydrogen-bond acceptors (Lipinski definition) is 3. The quantitative estimate of drug-likeness (QED) is 0.851. The number of ketones is 1. The van der Waals surface area contributed by atoms with Crippen LogP contribution in [0.4, 0.5) is 0 Å². The molecule has 21 heavy (non-hydrogen) atoms. The number of hydrogen-bond donors (Lipinski definition) is 0. The number of para-hydroxylation sites is 1. The predicted molar refractivity (Wildman–Crippen MR) is 81.1 cm³/mol. The first-order valence-electron chi connectivity index (χ1n) is 7.36. The van der Waals surface area contributed by atoms with E-state index in [1.54, 1.807) is 17.2 Å². The van der Waals surface area contributed by atoms with Crippen LogP contribution in [0.15, 0.2) is 36.5 Å². The summed E-state index contributed by atoms with van der Waals surface area (Å²) >= 11 is 0. The molecule has 0 bridgehead atoms. The highest BCUT2D eigenvalue weighted by Gasteiger charge is 2.29. The molecule has 1 fully saturated rings. The number of likely N-dealkylation sites (tertiary alicyclic amines) is 1. The summed E-state index contributed by atoms with van der Waals surface area (Å²) in [6, 6.07) is 9.41. The summed E-state index contributed by atoms with van der Waals surface area (Å²) in [5, 5.41) is 0.870. The average Bonchev–Trinajstić information content (AvgIpc) is 2.54. The first kappa shape index (κ1) is 13.7. The Morgan fingerprint density at radius 1 is 1.33 bits per heavy atom. The monoisotopic (exact) mass is 282 g/mol. The molecule has 1 aromatic carbocycles. The molecule has 1 saturated heterocycles. The lowest BCUT2D eigenvalue weighted by molar-refractivity contribution is -0.125. The van der Waals surface area contributed by atoms with Crippen LogP contribution in [0.1, 0.15) is 30.1 Å². The van der Waals surface area contributed by atoms with E-state index in [1.165, 1.54) is 0 Å². The first-order chi connectivity index (χ1) is 10.2. The minimum atomic E-state index is -0.0178. The standard InChI is InChI=1S/C17H18N2O2/c1-2-12-11-19(10-8-16(12)20)17(21)14-7-9-18-15-6-4-3-5-13(14)15/h3-7,9,12H,2,8,10-11H2,1H3. The number of amides is 1. The molecule has 1 unspecified atom stereocenters. The molecule has 0 aliphatic carbocycles. The van der Waals surface area contributed by atoms with Crippen LogP contribution in [0.25, 0.3) is 10.9 Å². The summed E-state index contributed by atoms with van der Waals surface area (Å²) in [5.41, 5.74) is 1.49. The summed E-state index contributed by atoms with van der Waals surface area (Å²) in [6.07, 6.45) is 2.93. The lowest BCUT2D eigenvalue weighted by Gasteiger charge is -2.31. The summed E-state index contributed by atoms with van der Waals surface area (Å²) in [7, 11) is 0. The third kappa shape index (κ3) is 2.53. The molecular formula is C17H18N2O2. The van der Waals surface area contributed by atoms with E-state index < -0.39 is 0 Å². The number of nitrogens with zero attached hydrogens (tertiary/aromatic N) is 2. The minimum absolute atomic E-state index is 0.000417. The van der Waals surface area contributed by atoms with Crippen molar-refractivity contribution in [3.63, 3.8) is 0 Å². The second-order valence-electron chi connectivity index (χ2n) is 5.45. The van der Waals surface area contributed by atoms with E-state index in [1.807, 2.05) is 31.2 Å². The number of rotatable bonds is 2. The van der Waals surface area contributed by atoms with Gasteiger partial charge in [0.2, 0.25) is 0 Å². The van der Waals surface area contributed by atoms with E-state index >= 15 is 0 Å². The van der Waals surface area contributed by atoms with E-state index in [0.717, 1.165) is 17.3 Å². The molecule has 4 heteroatoms. The van der Waals surface area contributed by atoms with Gasteiger partial charge in [0.15, 0.2) is 0 Å². The molecule has 1 atom stereocenters. The normalized spacial score (nSPS) is 19.0. The number of piperidine rings is 1. The number of aromatic nitrogens is 1. The minimum Gasteiger partial charge on any atom is -0.337 e. The Labute approximate surface area is 123 Å². The van der Waals surface area contributed by atoms with Crippen LogP contribution in [0.2, 0.25) is 0 Å². The molecule has 0 saturated carbocycles. The van der Waals surface area contributed by atoms with Gasteiger partial charge in [-0.2, -0.15) is 0 Å². The summed E-state index contributed by atoms with van der Waals surface area (Å²) in [4.78, 5) is 30.7. The molecule has 0 N–H and O–H groups in total. The molecular weight excluding hydrogens is 264 g/mol. The highest BCUT2D eigenvalue weighted by Crippen LogP contribution is 2.22. The van der Waals surface area contributed by atoms with Gasteiger partial charge in [-0.05, 0) is 18.6 Å². The van der Waals surface area contributed by atoms with Gasteiger partial charge in [0.05, 0.1) is 11.1 Å². The van der Waals surface area contributed by atoms with Crippen molar-refractivity contribution in [3.05, 3.63) is 42.1 Å². The van der Waals surface area contributed by atoms with Crippen LogP contribution < -0.4 is 0 Å². The van der Waals surface area contributed by atoms with E-state index in [4.69, 9.17) is 0 Å². The fraction of sp³-hybridized carbons (Fsp3) is 0.353. The smallest absolute Gasteiger partial charge is 0.254 e. The Kier molecular flexibility index (Phi) is 3.69. The zero-order valence-corrected chi connectivity index (χ0v) is 12.1. The van der Waals surface area contributed by atoms with Crippen LogP contribution in [0, 0.1) is 5.92 Å². The van der Waals surface area contributed by atoms with Crippen LogP contribution in [0.5, 0.6) is 0 Å². The molecule has 1 aliphatic heterocycles. The van der Waals surface area contributed by atoms with Crippen LogP contribution in [-0.2, 0) is 4.79 Å².